The fourth-order valence-electron chi connectivity index (χ4n) is 1.13. The van der Waals surface area contributed by atoms with Gasteiger partial charge in [-0.2, -0.15) is 0 Å². The number of hydrogen-bond donors (Lipinski definition) is 1. The number of rotatable bonds is 1. The highest BCUT2D eigenvalue weighted by atomic mass is 19.1. The molecule has 0 heterocycles. The summed E-state index contributed by atoms with van der Waals surface area (Å²) in [6.45, 7) is 1.74. The van der Waals surface area contributed by atoms with Crippen LogP contribution in [0, 0.1) is 12.7 Å². The monoisotopic (exact) mass is 180 g/mol. The normalized spacial score (nSPS) is 11.5. The van der Waals surface area contributed by atoms with Crippen molar-refractivity contribution in [3.63, 3.8) is 0 Å². The highest BCUT2D eigenvalue weighted by molar-refractivity contribution is 5.98. The smallest absolute Gasteiger partial charge is 0.127 e. The third-order valence-corrected chi connectivity index (χ3v) is 1.91. The van der Waals surface area contributed by atoms with E-state index in [1.54, 1.807) is 27.1 Å². The minimum atomic E-state index is -0.200. The fraction of sp³-hybridized carbons (Fsp3) is 0.300. The van der Waals surface area contributed by atoms with Crippen LogP contribution in [0.3, 0.4) is 0 Å². The first-order valence-electron chi connectivity index (χ1n) is 4.10. The van der Waals surface area contributed by atoms with Crippen molar-refractivity contribution < 1.29 is 4.39 Å². The van der Waals surface area contributed by atoms with Crippen LogP contribution in [0.15, 0.2) is 23.2 Å². The molecule has 0 bridgehead atoms. The van der Waals surface area contributed by atoms with E-state index in [0.29, 0.717) is 11.4 Å². The van der Waals surface area contributed by atoms with E-state index in [1.165, 1.54) is 6.07 Å². The highest BCUT2D eigenvalue weighted by Crippen LogP contribution is 2.09. The lowest BCUT2D eigenvalue weighted by molar-refractivity contribution is 0.618. The van der Waals surface area contributed by atoms with Gasteiger partial charge in [-0.15, -0.1) is 0 Å². The van der Waals surface area contributed by atoms with Crippen molar-refractivity contribution in [2.24, 2.45) is 4.99 Å². The number of hydrogen-bond acceptors (Lipinski definition) is 1. The Morgan fingerprint density at radius 1 is 1.46 bits per heavy atom. The van der Waals surface area contributed by atoms with Crippen LogP contribution >= 0.6 is 0 Å². The molecule has 0 atom stereocenters. The maximum atomic E-state index is 13.1. The summed E-state index contributed by atoms with van der Waals surface area (Å²) in [6, 6.07) is 5.07. The summed E-state index contributed by atoms with van der Waals surface area (Å²) in [4.78, 5) is 3.99. The zero-order chi connectivity index (χ0) is 9.84. The lowest BCUT2D eigenvalue weighted by Gasteiger charge is -2.05. The summed E-state index contributed by atoms with van der Waals surface area (Å²) in [6.07, 6.45) is 0. The number of nitrogens with one attached hydrogen (secondary N) is 1. The van der Waals surface area contributed by atoms with Crippen molar-refractivity contribution in [1.82, 2.24) is 5.32 Å². The lowest BCUT2D eigenvalue weighted by atomic mass is 10.1. The molecule has 1 aromatic rings. The first-order chi connectivity index (χ1) is 6.19. The van der Waals surface area contributed by atoms with E-state index in [2.05, 4.69) is 10.3 Å². The van der Waals surface area contributed by atoms with Crippen molar-refractivity contribution in [3.8, 4) is 0 Å². The van der Waals surface area contributed by atoms with Gasteiger partial charge in [-0.25, -0.2) is 4.39 Å². The van der Waals surface area contributed by atoms with Crippen LogP contribution in [-0.2, 0) is 0 Å². The van der Waals surface area contributed by atoms with E-state index >= 15 is 0 Å². The second-order valence-corrected chi connectivity index (χ2v) is 2.79. The lowest BCUT2D eigenvalue weighted by Crippen LogP contribution is -2.19. The summed E-state index contributed by atoms with van der Waals surface area (Å²) in [5.74, 6) is 0.493. The summed E-state index contributed by atoms with van der Waals surface area (Å²) in [7, 11) is 3.43. The molecule has 0 aliphatic rings. The van der Waals surface area contributed by atoms with E-state index in [4.69, 9.17) is 0 Å². The van der Waals surface area contributed by atoms with Gasteiger partial charge in [-0.1, -0.05) is 12.1 Å². The number of halogens is 1. The minimum absolute atomic E-state index is 0.200. The highest BCUT2D eigenvalue weighted by Gasteiger charge is 2.03. The molecule has 1 rings (SSSR count). The molecule has 1 N–H and O–H groups in total. The van der Waals surface area contributed by atoms with Crippen LogP contribution in [0.4, 0.5) is 4.39 Å². The van der Waals surface area contributed by atoms with E-state index in [0.717, 1.165) is 5.56 Å². The van der Waals surface area contributed by atoms with E-state index < -0.39 is 0 Å². The number of aliphatic imine (C=N–C) groups is 1. The molecule has 70 valence electrons. The van der Waals surface area contributed by atoms with Crippen LogP contribution in [-0.4, -0.2) is 19.9 Å². The quantitative estimate of drug-likeness (QED) is 0.516. The molecule has 13 heavy (non-hydrogen) atoms. The Labute approximate surface area is 77.5 Å². The number of aryl methyl sites for hydroxylation is 1. The van der Waals surface area contributed by atoms with Crippen LogP contribution in [0.25, 0.3) is 0 Å². The van der Waals surface area contributed by atoms with Crippen molar-refractivity contribution in [1.29, 1.82) is 0 Å². The molecule has 1 aromatic carbocycles. The average molecular weight is 180 g/mol. The second-order valence-electron chi connectivity index (χ2n) is 2.79. The van der Waals surface area contributed by atoms with Crippen molar-refractivity contribution in [2.75, 3.05) is 14.1 Å². The molecule has 0 unspecified atom stereocenters. The van der Waals surface area contributed by atoms with Crippen LogP contribution in [0.1, 0.15) is 11.1 Å². The number of amidine groups is 1. The Bertz CT molecular complexity index is 332. The molecule has 0 aliphatic heterocycles. The molecule has 3 heteroatoms. The zero-order valence-corrected chi connectivity index (χ0v) is 8.06. The Kier molecular flexibility index (Phi) is 3.01. The number of benzene rings is 1. The van der Waals surface area contributed by atoms with Crippen LogP contribution in [0.5, 0.6) is 0 Å². The first kappa shape index (κ1) is 9.71. The largest absolute Gasteiger partial charge is 0.373 e. The molecular weight excluding hydrogens is 167 g/mol. The predicted molar refractivity (Wildman–Crippen MR) is 52.7 cm³/mol. The summed E-state index contributed by atoms with van der Waals surface area (Å²) in [5, 5.41) is 2.90. The fourth-order valence-corrected chi connectivity index (χ4v) is 1.13. The Morgan fingerprint density at radius 3 is 2.62 bits per heavy atom. The second kappa shape index (κ2) is 4.03. The summed E-state index contributed by atoms with van der Waals surface area (Å²) >= 11 is 0. The van der Waals surface area contributed by atoms with Gasteiger partial charge in [0.15, 0.2) is 0 Å². The molecule has 0 radical (unpaired) electrons. The summed E-state index contributed by atoms with van der Waals surface area (Å²) in [5.41, 5.74) is 1.42. The standard InChI is InChI=1S/C10H13FN2/c1-7-4-5-8(6-9(7)11)10(12-2)13-3/h4-6H,1-3H3,(H,12,13). The molecule has 0 spiro atoms. The van der Waals surface area contributed by atoms with Gasteiger partial charge in [0.05, 0.1) is 0 Å². The van der Waals surface area contributed by atoms with Crippen LogP contribution in [0.2, 0.25) is 0 Å². The van der Waals surface area contributed by atoms with Gasteiger partial charge in [0.2, 0.25) is 0 Å². The Balaban J connectivity index is 3.10. The molecule has 0 aromatic heterocycles. The minimum Gasteiger partial charge on any atom is -0.373 e. The third kappa shape index (κ3) is 2.05. The van der Waals surface area contributed by atoms with Gasteiger partial charge >= 0.3 is 0 Å². The molecule has 0 fully saturated rings. The predicted octanol–water partition coefficient (Wildman–Crippen LogP) is 1.73. The van der Waals surface area contributed by atoms with Gasteiger partial charge in [-0.05, 0) is 18.6 Å². The molecule has 0 saturated heterocycles. The van der Waals surface area contributed by atoms with Gasteiger partial charge in [0.1, 0.15) is 11.7 Å². The first-order valence-corrected chi connectivity index (χ1v) is 4.10. The van der Waals surface area contributed by atoms with E-state index in [-0.39, 0.29) is 5.82 Å². The average Bonchev–Trinajstić information content (AvgIpc) is 2.13. The maximum Gasteiger partial charge on any atom is 0.127 e. The molecule has 0 aliphatic carbocycles. The van der Waals surface area contributed by atoms with Gasteiger partial charge in [-0.3, -0.25) is 4.99 Å². The van der Waals surface area contributed by atoms with Crippen molar-refractivity contribution >= 4 is 5.84 Å². The molecule has 0 amide bonds. The van der Waals surface area contributed by atoms with Crippen molar-refractivity contribution in [2.45, 2.75) is 6.92 Å². The van der Waals surface area contributed by atoms with E-state index in [1.807, 2.05) is 6.07 Å². The summed E-state index contributed by atoms with van der Waals surface area (Å²) < 4.78 is 13.1. The Hall–Kier alpha value is -1.38. The number of nitrogens with zero attached hydrogens (tertiary/aromatic N) is 1. The van der Waals surface area contributed by atoms with Crippen LogP contribution < -0.4 is 5.32 Å². The van der Waals surface area contributed by atoms with Gasteiger partial charge in [0.25, 0.3) is 0 Å². The van der Waals surface area contributed by atoms with Gasteiger partial charge < -0.3 is 5.32 Å². The SMILES string of the molecule is CN=C(NC)c1ccc(C)c(F)c1. The third-order valence-electron chi connectivity index (χ3n) is 1.91. The van der Waals surface area contributed by atoms with Gasteiger partial charge in [0, 0.05) is 19.7 Å². The Morgan fingerprint density at radius 2 is 2.15 bits per heavy atom. The molecular formula is C10H13FN2. The molecule has 0 saturated carbocycles. The molecule has 2 nitrogen and oxygen atoms in total. The van der Waals surface area contributed by atoms with E-state index in [9.17, 15) is 4.39 Å². The van der Waals surface area contributed by atoms with Crippen molar-refractivity contribution in [3.05, 3.63) is 35.1 Å². The zero-order valence-electron chi connectivity index (χ0n) is 8.06. The topological polar surface area (TPSA) is 24.4 Å². The maximum absolute atomic E-state index is 13.1.